The molecular weight excluding hydrogens is 1130 g/mol. The molecule has 0 aromatic carbocycles. The van der Waals surface area contributed by atoms with Crippen LogP contribution in [0, 0.1) is 0 Å². The molecule has 0 atom stereocenters. The summed E-state index contributed by atoms with van der Waals surface area (Å²) >= 11 is 1.51. The SMILES string of the molecule is [I-]1N2[I-]N3[I-]N4[I-]N1N1[I-]N2[I-]N3[I-]N4[I-]1. The van der Waals surface area contributed by atoms with Crippen LogP contribution in [0.4, 0.5) is 0 Å². The summed E-state index contributed by atoms with van der Waals surface area (Å²) < 4.78 is 23.0. The van der Waals surface area contributed by atoms with Crippen LogP contribution in [0.15, 0.2) is 0 Å². The van der Waals surface area contributed by atoms with Crippen molar-refractivity contribution >= 4 is 0 Å². The summed E-state index contributed by atoms with van der Waals surface area (Å²) in [5.41, 5.74) is 0. The molecular formula is I8N8-8. The quantitative estimate of drug-likeness (QED) is 0.175. The molecule has 0 saturated carbocycles. The van der Waals surface area contributed by atoms with Crippen LogP contribution >= 0.6 is 0 Å². The second-order valence-electron chi connectivity index (χ2n) is 2.33. The van der Waals surface area contributed by atoms with E-state index in [1.165, 1.54) is 0 Å². The maximum absolute atomic E-state index is 2.87. The van der Waals surface area contributed by atoms with Gasteiger partial charge < -0.3 is 0 Å². The molecule has 0 aromatic rings. The topological polar surface area (TPSA) is 25.9 Å². The molecule has 104 valence electrons. The van der Waals surface area contributed by atoms with Gasteiger partial charge in [-0.05, 0) is 0 Å². The molecule has 16 heavy (non-hydrogen) atoms. The Morgan fingerprint density at radius 1 is 0.250 bits per heavy atom. The van der Waals surface area contributed by atoms with Crippen LogP contribution < -0.4 is 174 Å². The molecule has 0 unspecified atom stereocenters. The Kier molecular flexibility index (Phi) is 4.83. The first kappa shape index (κ1) is 13.9. The summed E-state index contributed by atoms with van der Waals surface area (Å²) in [5.74, 6) is 0. The zero-order chi connectivity index (χ0) is 10.3. The van der Waals surface area contributed by atoms with E-state index in [9.17, 15) is 0 Å². The van der Waals surface area contributed by atoms with Crippen molar-refractivity contribution in [2.24, 2.45) is 0 Å². The Labute approximate surface area is 180 Å². The summed E-state index contributed by atoms with van der Waals surface area (Å²) in [5, 5.41) is 0. The normalized spacial score (nSPS) is 43.0. The zero-order valence-corrected chi connectivity index (χ0v) is 23.9. The number of hydrazine groups is 4. The predicted molar refractivity (Wildman–Crippen MR) is 14.7 cm³/mol. The van der Waals surface area contributed by atoms with E-state index in [1.54, 1.807) is 0 Å². The number of hydrogen-bond donors (Lipinski definition) is 0. The van der Waals surface area contributed by atoms with Gasteiger partial charge in [0.1, 0.15) is 0 Å². The van der Waals surface area contributed by atoms with E-state index < -0.39 is 0 Å². The fourth-order valence-electron chi connectivity index (χ4n) is 0.923. The van der Waals surface area contributed by atoms with Crippen molar-refractivity contribution in [1.29, 1.82) is 0 Å². The third-order valence-corrected chi connectivity index (χ3v) is 44.8. The third kappa shape index (κ3) is 2.34. The van der Waals surface area contributed by atoms with Crippen LogP contribution in [0.1, 0.15) is 0 Å². The standard InChI is InChI=1S/I8N8/c1-9-2-13-7-14-3-10(1)12-4-11(9)5-15(13)8-16(14)6-12/q-8. The molecule has 16 heteroatoms. The van der Waals surface area contributed by atoms with Crippen molar-refractivity contribution in [3.05, 3.63) is 0 Å². The van der Waals surface area contributed by atoms with Crippen LogP contribution in [0.3, 0.4) is 0 Å². The third-order valence-electron chi connectivity index (χ3n) is 1.46. The first-order valence-corrected chi connectivity index (χ1v) is 18.9. The molecule has 0 aliphatic carbocycles. The molecule has 4 heterocycles. The molecule has 4 aliphatic rings. The number of hydrogen-bond acceptors (Lipinski definition) is 8. The molecule has 8 nitrogen and oxygen atoms in total. The summed E-state index contributed by atoms with van der Waals surface area (Å²) in [6.07, 6.45) is 0. The van der Waals surface area contributed by atoms with Crippen LogP contribution in [0.25, 0.3) is 0 Å². The van der Waals surface area contributed by atoms with E-state index in [2.05, 4.69) is 11.5 Å². The Hall–Kier alpha value is 5.52. The van der Waals surface area contributed by atoms with Gasteiger partial charge in [0.2, 0.25) is 0 Å². The average Bonchev–Trinajstić information content (AvgIpc) is 2.27. The molecule has 0 N–H and O–H groups in total. The minimum absolute atomic E-state index is 0.188. The first-order chi connectivity index (χ1) is 7.87. The number of halogens is 8. The molecule has 0 aromatic heterocycles. The van der Waals surface area contributed by atoms with Gasteiger partial charge in [0.05, 0.1) is 0 Å². The van der Waals surface area contributed by atoms with Crippen molar-refractivity contribution in [3.8, 4) is 0 Å². The molecule has 4 saturated heterocycles. The van der Waals surface area contributed by atoms with E-state index in [0.717, 1.165) is 0 Å². The molecule has 4 aliphatic heterocycles. The van der Waals surface area contributed by atoms with Crippen LogP contribution in [-0.4, -0.2) is 11.5 Å². The van der Waals surface area contributed by atoms with Gasteiger partial charge in [-0.2, -0.15) is 0 Å². The molecule has 0 spiro atoms. The second kappa shape index (κ2) is 5.55. The van der Waals surface area contributed by atoms with Gasteiger partial charge >= 0.3 is 186 Å². The van der Waals surface area contributed by atoms with Gasteiger partial charge in [-0.3, -0.25) is 0 Å². The first-order valence-electron chi connectivity index (χ1n) is 3.50. The van der Waals surface area contributed by atoms with Gasteiger partial charge in [0.25, 0.3) is 0 Å². The van der Waals surface area contributed by atoms with Crippen molar-refractivity contribution < 1.29 is 174 Å². The van der Waals surface area contributed by atoms with E-state index in [1.807, 2.05) is 0 Å². The second-order valence-corrected chi connectivity index (χ2v) is 35.2. The average molecular weight is 1130 g/mol. The molecule has 4 fully saturated rings. The van der Waals surface area contributed by atoms with E-state index >= 15 is 0 Å². The van der Waals surface area contributed by atoms with Crippen molar-refractivity contribution in [1.82, 2.24) is 11.5 Å². The molecule has 0 amide bonds. The Morgan fingerprint density at radius 2 is 0.375 bits per heavy atom. The van der Waals surface area contributed by atoms with E-state index in [-0.39, 0.29) is 174 Å². The maximum atomic E-state index is 2.87. The predicted octanol–water partition coefficient (Wildman–Crippen LogP) is -26.5. The van der Waals surface area contributed by atoms with E-state index in [0.29, 0.717) is 0 Å². The van der Waals surface area contributed by atoms with Crippen LogP contribution in [-0.2, 0) is 0 Å². The van der Waals surface area contributed by atoms with Gasteiger partial charge in [0.15, 0.2) is 0 Å². The van der Waals surface area contributed by atoms with Crippen LogP contribution in [0.5, 0.6) is 0 Å². The fraction of sp³-hybridized carbons (Fsp3) is 0. The Bertz CT molecular complexity index is 224. The Balaban J connectivity index is 1.63. The number of fused-ring (bicyclic) bond motifs is 4. The number of nitrogens with zero attached hydrogens (tertiary/aromatic N) is 8. The van der Waals surface area contributed by atoms with Gasteiger partial charge in [-0.1, -0.05) is 0 Å². The molecule has 4 rings (SSSR count). The minimum atomic E-state index is 0.188. The van der Waals surface area contributed by atoms with Crippen molar-refractivity contribution in [2.75, 3.05) is 0 Å². The van der Waals surface area contributed by atoms with Crippen LogP contribution in [0.2, 0.25) is 0 Å². The molecule has 0 radical (unpaired) electrons. The van der Waals surface area contributed by atoms with Gasteiger partial charge in [0, 0.05) is 0 Å². The zero-order valence-electron chi connectivity index (χ0n) is 6.60. The molecule has 0 bridgehead atoms. The summed E-state index contributed by atoms with van der Waals surface area (Å²) in [7, 11) is 0. The van der Waals surface area contributed by atoms with Crippen molar-refractivity contribution in [3.63, 3.8) is 0 Å². The fourth-order valence-corrected chi connectivity index (χ4v) is 59.1. The van der Waals surface area contributed by atoms with E-state index in [4.69, 9.17) is 0 Å². The van der Waals surface area contributed by atoms with Gasteiger partial charge in [-0.15, -0.1) is 0 Å². The summed E-state index contributed by atoms with van der Waals surface area (Å²) in [6.45, 7) is 0. The monoisotopic (exact) mass is 1130 g/mol. The summed E-state index contributed by atoms with van der Waals surface area (Å²) in [6, 6.07) is 0. The van der Waals surface area contributed by atoms with Crippen molar-refractivity contribution in [2.45, 2.75) is 0 Å². The Morgan fingerprint density at radius 3 is 0.500 bits per heavy atom. The van der Waals surface area contributed by atoms with Gasteiger partial charge in [-0.25, -0.2) is 0 Å². The number of rotatable bonds is 0. The summed E-state index contributed by atoms with van der Waals surface area (Å²) in [4.78, 5) is 0.